The number of benzene rings is 3. The minimum absolute atomic E-state index is 0.0343. The number of hydrogen-bond acceptors (Lipinski definition) is 9. The number of carbonyl (C=O) groups is 3. The maximum Gasteiger partial charge on any atom is 0.333 e. The molecule has 244 valence electrons. The lowest BCUT2D eigenvalue weighted by Crippen LogP contribution is -2.41. The number of esters is 1. The van der Waals surface area contributed by atoms with Crippen LogP contribution < -0.4 is 26.7 Å². The second kappa shape index (κ2) is 13.6. The van der Waals surface area contributed by atoms with Gasteiger partial charge in [0.15, 0.2) is 0 Å². The van der Waals surface area contributed by atoms with E-state index < -0.39 is 12.0 Å². The monoisotopic (exact) mass is 637 g/mol. The van der Waals surface area contributed by atoms with E-state index in [0.717, 1.165) is 70.4 Å². The number of urea groups is 1. The van der Waals surface area contributed by atoms with Gasteiger partial charge in [-0.1, -0.05) is 24.8 Å². The Morgan fingerprint density at radius 2 is 1.66 bits per heavy atom. The van der Waals surface area contributed by atoms with E-state index >= 15 is 0 Å². The minimum Gasteiger partial charge on any atom is -0.460 e. The smallest absolute Gasteiger partial charge is 0.333 e. The maximum atomic E-state index is 13.6. The average Bonchev–Trinajstić information content (AvgIpc) is 3.99. The standard InChI is InChI=1S/C35H39N7O5/c1-21(2)34(44)46-16-11-38-35(45)37-10-9-36-33(43)25-8-6-5-7-24(25)32-26-17-22(3)28(39-41-12-13-41)19-30(26)47-31-20-29(40-42-14-15-42)23(4)18-27(31)32/h5-8,17-20,39H,1,9-16H2,2-4H3,(H,36,43)(H2,37,38,45)/b40-29+. The largest absolute Gasteiger partial charge is 0.460 e. The van der Waals surface area contributed by atoms with E-state index in [2.05, 4.69) is 52.0 Å². The van der Waals surface area contributed by atoms with E-state index in [1.54, 1.807) is 13.0 Å². The van der Waals surface area contributed by atoms with Crippen molar-refractivity contribution in [3.63, 3.8) is 0 Å². The van der Waals surface area contributed by atoms with Crippen LogP contribution in [0.1, 0.15) is 28.4 Å². The van der Waals surface area contributed by atoms with Crippen LogP contribution in [-0.2, 0) is 9.53 Å². The lowest BCUT2D eigenvalue weighted by atomic mass is 9.89. The molecule has 0 aromatic heterocycles. The van der Waals surface area contributed by atoms with Crippen LogP contribution in [0.15, 0.2) is 70.2 Å². The number of hydrogen-bond donors (Lipinski definition) is 4. The Morgan fingerprint density at radius 3 is 2.40 bits per heavy atom. The highest BCUT2D eigenvalue weighted by Gasteiger charge is 2.24. The molecule has 0 bridgehead atoms. The van der Waals surface area contributed by atoms with Crippen molar-refractivity contribution in [3.05, 3.63) is 82.7 Å². The number of nitrogens with one attached hydrogen (secondary N) is 4. The summed E-state index contributed by atoms with van der Waals surface area (Å²) in [4.78, 5) is 37.2. The first-order chi connectivity index (χ1) is 22.7. The number of anilines is 1. The molecular formula is C35H39N7O5. The van der Waals surface area contributed by atoms with Gasteiger partial charge in [0.25, 0.3) is 5.91 Å². The van der Waals surface area contributed by atoms with Crippen LogP contribution in [0.25, 0.3) is 33.4 Å². The summed E-state index contributed by atoms with van der Waals surface area (Å²) in [5.41, 5.74) is 10.6. The quantitative estimate of drug-likeness (QED) is 0.0606. The van der Waals surface area contributed by atoms with E-state index in [9.17, 15) is 14.4 Å². The van der Waals surface area contributed by atoms with E-state index in [1.165, 1.54) is 0 Å². The Balaban J connectivity index is 1.25. The van der Waals surface area contributed by atoms with Crippen LogP contribution in [0.2, 0.25) is 0 Å². The molecule has 1 aliphatic carbocycles. The molecule has 2 aromatic carbocycles. The maximum absolute atomic E-state index is 13.6. The Morgan fingerprint density at radius 1 is 0.915 bits per heavy atom. The molecule has 0 radical (unpaired) electrons. The van der Waals surface area contributed by atoms with Gasteiger partial charge in [-0.2, -0.15) is 5.10 Å². The fraction of sp³-hybridized carbons (Fsp3) is 0.314. The molecule has 3 aliphatic heterocycles. The number of fused-ring (bicyclic) bond motifs is 2. The number of carbonyl (C=O) groups excluding carboxylic acids is 3. The minimum atomic E-state index is -0.507. The normalized spacial score (nSPS) is 14.2. The fourth-order valence-electron chi connectivity index (χ4n) is 5.18. The lowest BCUT2D eigenvalue weighted by Gasteiger charge is -2.20. The van der Waals surface area contributed by atoms with Gasteiger partial charge in [0, 0.05) is 66.0 Å². The predicted octanol–water partition coefficient (Wildman–Crippen LogP) is 3.74. The fourth-order valence-corrected chi connectivity index (χ4v) is 5.18. The zero-order valence-corrected chi connectivity index (χ0v) is 26.9. The SMILES string of the molecule is C=C(C)C(=O)OCCNC(=O)NCCNC(=O)c1ccccc1-c1c2cc(C)/c(=N/N3CC3)cc-2oc2cc(NN3CC3)c(C)cc12. The Hall–Kier alpha value is -5.36. The average molecular weight is 638 g/mol. The number of ether oxygens (including phenoxy) is 1. The molecule has 47 heavy (non-hydrogen) atoms. The van der Waals surface area contributed by atoms with Crippen LogP contribution in [0, 0.1) is 13.8 Å². The number of aryl methyl sites for hydroxylation is 2. The predicted molar refractivity (Wildman–Crippen MR) is 180 cm³/mol. The molecular weight excluding hydrogens is 598 g/mol. The Labute approximate surface area is 272 Å². The van der Waals surface area contributed by atoms with Gasteiger partial charge in [-0.25, -0.2) is 14.6 Å². The van der Waals surface area contributed by atoms with Crippen molar-refractivity contribution >= 4 is 34.6 Å². The molecule has 4 aliphatic rings. The third-order valence-corrected chi connectivity index (χ3v) is 7.89. The third kappa shape index (κ3) is 7.55. The van der Waals surface area contributed by atoms with Crippen LogP contribution >= 0.6 is 0 Å². The summed E-state index contributed by atoms with van der Waals surface area (Å²) in [5.74, 6) is -0.0926. The molecule has 12 heteroatoms. The molecule has 4 N–H and O–H groups in total. The number of rotatable bonds is 12. The second-order valence-electron chi connectivity index (χ2n) is 11.8. The molecule has 0 saturated carbocycles. The topological polar surface area (TPSA) is 140 Å². The van der Waals surface area contributed by atoms with Crippen LogP contribution in [0.3, 0.4) is 0 Å². The van der Waals surface area contributed by atoms with Crippen LogP contribution in [-0.4, -0.2) is 80.3 Å². The van der Waals surface area contributed by atoms with Gasteiger partial charge in [-0.05, 0) is 55.7 Å². The van der Waals surface area contributed by atoms with E-state index in [1.807, 2.05) is 42.3 Å². The van der Waals surface area contributed by atoms with E-state index in [4.69, 9.17) is 14.3 Å². The summed E-state index contributed by atoms with van der Waals surface area (Å²) in [5, 5.41) is 18.9. The number of nitrogens with zero attached hydrogens (tertiary/aromatic N) is 3. The molecule has 0 spiro atoms. The van der Waals surface area contributed by atoms with Crippen molar-refractivity contribution in [2.75, 3.05) is 57.8 Å². The summed E-state index contributed by atoms with van der Waals surface area (Å²) in [7, 11) is 0. The van der Waals surface area contributed by atoms with Gasteiger partial charge < -0.3 is 30.5 Å². The van der Waals surface area contributed by atoms with Gasteiger partial charge >= 0.3 is 12.0 Å². The Kier molecular flexibility index (Phi) is 9.12. The zero-order chi connectivity index (χ0) is 33.1. The van der Waals surface area contributed by atoms with Crippen LogP contribution in [0.4, 0.5) is 10.5 Å². The Bertz CT molecular complexity index is 1910. The third-order valence-electron chi connectivity index (χ3n) is 7.89. The van der Waals surface area contributed by atoms with Gasteiger partial charge in [0.2, 0.25) is 0 Å². The summed E-state index contributed by atoms with van der Waals surface area (Å²) in [6.45, 7) is 13.6. The van der Waals surface area contributed by atoms with Crippen molar-refractivity contribution in [2.45, 2.75) is 20.8 Å². The molecule has 2 fully saturated rings. The molecule has 0 atom stereocenters. The lowest BCUT2D eigenvalue weighted by molar-refractivity contribution is -0.138. The second-order valence-corrected chi connectivity index (χ2v) is 11.8. The molecule has 12 nitrogen and oxygen atoms in total. The molecule has 3 heterocycles. The van der Waals surface area contributed by atoms with Crippen molar-refractivity contribution in [1.82, 2.24) is 26.0 Å². The summed E-state index contributed by atoms with van der Waals surface area (Å²) in [6, 6.07) is 15.3. The molecule has 2 aromatic rings. The summed E-state index contributed by atoms with van der Waals surface area (Å²) in [6.07, 6.45) is 0. The zero-order valence-electron chi connectivity index (χ0n) is 26.9. The molecule has 3 amide bonds. The summed E-state index contributed by atoms with van der Waals surface area (Å²) >= 11 is 0. The van der Waals surface area contributed by atoms with Crippen molar-refractivity contribution in [2.24, 2.45) is 5.10 Å². The highest BCUT2D eigenvalue weighted by Crippen LogP contribution is 2.43. The van der Waals surface area contributed by atoms with Crippen molar-refractivity contribution in [1.29, 1.82) is 0 Å². The van der Waals surface area contributed by atoms with Gasteiger partial charge in [-0.3, -0.25) is 9.80 Å². The van der Waals surface area contributed by atoms with Gasteiger partial charge in [0.05, 0.1) is 30.7 Å². The number of hydrazine groups is 1. The number of amides is 3. The first kappa shape index (κ1) is 31.6. The van der Waals surface area contributed by atoms with E-state index in [-0.39, 0.29) is 32.1 Å². The van der Waals surface area contributed by atoms with Gasteiger partial charge in [0.1, 0.15) is 18.0 Å². The summed E-state index contributed by atoms with van der Waals surface area (Å²) < 4.78 is 11.5. The molecule has 6 rings (SSSR count). The van der Waals surface area contributed by atoms with Crippen molar-refractivity contribution in [3.8, 4) is 22.5 Å². The highest BCUT2D eigenvalue weighted by molar-refractivity contribution is 6.09. The van der Waals surface area contributed by atoms with Gasteiger partial charge in [-0.15, -0.1) is 0 Å². The molecule has 2 saturated heterocycles. The highest BCUT2D eigenvalue weighted by atomic mass is 16.5. The van der Waals surface area contributed by atoms with Crippen molar-refractivity contribution < 1.29 is 23.5 Å². The van der Waals surface area contributed by atoms with Crippen LogP contribution in [0.5, 0.6) is 0 Å². The first-order valence-electron chi connectivity index (χ1n) is 15.7. The van der Waals surface area contributed by atoms with E-state index in [0.29, 0.717) is 22.5 Å². The molecule has 0 unspecified atom stereocenters. The first-order valence-corrected chi connectivity index (χ1v) is 15.7.